The van der Waals surface area contributed by atoms with Crippen LogP contribution in [0.1, 0.15) is 31.2 Å². The third-order valence-corrected chi connectivity index (χ3v) is 3.49. The van der Waals surface area contributed by atoms with Crippen molar-refractivity contribution in [2.75, 3.05) is 5.73 Å². The molecule has 2 saturated carbocycles. The Hall–Kier alpha value is -1.71. The molecule has 2 aliphatic rings. The molecule has 2 fully saturated rings. The average Bonchev–Trinajstić information content (AvgIpc) is 3.22. The molecule has 2 amide bonds. The Kier molecular flexibility index (Phi) is 2.86. The van der Waals surface area contributed by atoms with Crippen molar-refractivity contribution in [2.24, 2.45) is 0 Å². The van der Waals surface area contributed by atoms with E-state index >= 15 is 0 Å². The minimum atomic E-state index is 0.0943. The van der Waals surface area contributed by atoms with Gasteiger partial charge in [0.2, 0.25) is 0 Å². The molecule has 0 atom stereocenters. The summed E-state index contributed by atoms with van der Waals surface area (Å²) in [4.78, 5) is 14.1. The molecular formula is C14H19N3O. The summed E-state index contributed by atoms with van der Waals surface area (Å²) in [5, 5.41) is 3.07. The summed E-state index contributed by atoms with van der Waals surface area (Å²) in [6.45, 7) is 0.684. The number of hydrogen-bond acceptors (Lipinski definition) is 2. The van der Waals surface area contributed by atoms with Gasteiger partial charge in [-0.3, -0.25) is 0 Å². The maximum atomic E-state index is 12.1. The Balaban J connectivity index is 1.65. The number of nitrogens with zero attached hydrogens (tertiary/aromatic N) is 1. The van der Waals surface area contributed by atoms with E-state index in [1.54, 1.807) is 0 Å². The average molecular weight is 245 g/mol. The smallest absolute Gasteiger partial charge is 0.318 e. The first kappa shape index (κ1) is 11.4. The Morgan fingerprint density at radius 1 is 1.22 bits per heavy atom. The molecule has 3 rings (SSSR count). The van der Waals surface area contributed by atoms with Crippen LogP contribution in [0.25, 0.3) is 0 Å². The van der Waals surface area contributed by atoms with E-state index < -0.39 is 0 Å². The second-order valence-electron chi connectivity index (χ2n) is 5.32. The van der Waals surface area contributed by atoms with E-state index in [-0.39, 0.29) is 6.03 Å². The SMILES string of the molecule is Nc1ccc(CN(C(=O)NC2CC2)C2CC2)cc1. The van der Waals surface area contributed by atoms with E-state index in [1.807, 2.05) is 29.2 Å². The lowest BCUT2D eigenvalue weighted by Gasteiger charge is -2.23. The molecule has 0 aromatic heterocycles. The minimum absolute atomic E-state index is 0.0943. The number of urea groups is 1. The highest BCUT2D eigenvalue weighted by Crippen LogP contribution is 2.29. The van der Waals surface area contributed by atoms with E-state index in [2.05, 4.69) is 5.32 Å². The summed E-state index contributed by atoms with van der Waals surface area (Å²) >= 11 is 0. The number of carbonyl (C=O) groups excluding carboxylic acids is 1. The fraction of sp³-hybridized carbons (Fsp3) is 0.500. The largest absolute Gasteiger partial charge is 0.399 e. The maximum Gasteiger partial charge on any atom is 0.318 e. The summed E-state index contributed by atoms with van der Waals surface area (Å²) in [5.74, 6) is 0. The summed E-state index contributed by atoms with van der Waals surface area (Å²) in [6.07, 6.45) is 4.53. The van der Waals surface area contributed by atoms with Gasteiger partial charge >= 0.3 is 6.03 Å². The maximum absolute atomic E-state index is 12.1. The molecule has 2 aliphatic carbocycles. The Morgan fingerprint density at radius 2 is 1.89 bits per heavy atom. The molecule has 96 valence electrons. The van der Waals surface area contributed by atoms with E-state index in [4.69, 9.17) is 5.73 Å². The van der Waals surface area contributed by atoms with Gasteiger partial charge in [0, 0.05) is 24.3 Å². The van der Waals surface area contributed by atoms with E-state index in [1.165, 1.54) is 0 Å². The van der Waals surface area contributed by atoms with E-state index in [0.29, 0.717) is 18.6 Å². The number of amides is 2. The Bertz CT molecular complexity index is 435. The summed E-state index contributed by atoms with van der Waals surface area (Å²) < 4.78 is 0. The summed E-state index contributed by atoms with van der Waals surface area (Å²) in [6, 6.07) is 8.71. The highest BCUT2D eigenvalue weighted by molar-refractivity contribution is 5.75. The van der Waals surface area contributed by atoms with Crippen LogP contribution in [0.5, 0.6) is 0 Å². The van der Waals surface area contributed by atoms with Crippen LogP contribution in [0.15, 0.2) is 24.3 Å². The number of nitrogen functional groups attached to an aromatic ring is 1. The monoisotopic (exact) mass is 245 g/mol. The third-order valence-electron chi connectivity index (χ3n) is 3.49. The van der Waals surface area contributed by atoms with Crippen molar-refractivity contribution in [1.82, 2.24) is 10.2 Å². The number of hydrogen-bond donors (Lipinski definition) is 2. The zero-order valence-corrected chi connectivity index (χ0v) is 10.4. The summed E-state index contributed by atoms with van der Waals surface area (Å²) in [5.41, 5.74) is 7.57. The second kappa shape index (κ2) is 4.52. The van der Waals surface area contributed by atoms with Gasteiger partial charge in [0.1, 0.15) is 0 Å². The molecule has 0 aliphatic heterocycles. The van der Waals surface area contributed by atoms with Gasteiger partial charge in [-0.25, -0.2) is 4.79 Å². The van der Waals surface area contributed by atoms with Crippen molar-refractivity contribution < 1.29 is 4.79 Å². The highest BCUT2D eigenvalue weighted by Gasteiger charge is 2.34. The number of anilines is 1. The van der Waals surface area contributed by atoms with E-state index in [0.717, 1.165) is 36.9 Å². The molecule has 4 nitrogen and oxygen atoms in total. The fourth-order valence-corrected chi connectivity index (χ4v) is 2.06. The van der Waals surface area contributed by atoms with Crippen LogP contribution in [0.2, 0.25) is 0 Å². The van der Waals surface area contributed by atoms with Gasteiger partial charge in [-0.15, -0.1) is 0 Å². The minimum Gasteiger partial charge on any atom is -0.399 e. The number of benzene rings is 1. The molecule has 0 heterocycles. The van der Waals surface area contributed by atoms with E-state index in [9.17, 15) is 4.79 Å². The van der Waals surface area contributed by atoms with Gasteiger partial charge in [0.25, 0.3) is 0 Å². The lowest BCUT2D eigenvalue weighted by molar-refractivity contribution is 0.191. The first-order valence-corrected chi connectivity index (χ1v) is 6.64. The van der Waals surface area contributed by atoms with Crippen molar-refractivity contribution in [2.45, 2.75) is 44.3 Å². The molecular weight excluding hydrogens is 226 g/mol. The third kappa shape index (κ3) is 2.75. The Labute approximate surface area is 107 Å². The topological polar surface area (TPSA) is 58.4 Å². The van der Waals surface area contributed by atoms with Gasteiger partial charge < -0.3 is 16.0 Å². The zero-order valence-electron chi connectivity index (χ0n) is 10.4. The molecule has 1 aromatic carbocycles. The van der Waals surface area contributed by atoms with Crippen LogP contribution in [-0.2, 0) is 6.54 Å². The number of nitrogens with two attached hydrogens (primary N) is 1. The lowest BCUT2D eigenvalue weighted by atomic mass is 10.2. The Morgan fingerprint density at radius 3 is 2.44 bits per heavy atom. The zero-order chi connectivity index (χ0) is 12.5. The molecule has 3 N–H and O–H groups in total. The fourth-order valence-electron chi connectivity index (χ4n) is 2.06. The van der Waals surface area contributed by atoms with Gasteiger partial charge in [0.05, 0.1) is 0 Å². The van der Waals surface area contributed by atoms with Gasteiger partial charge in [-0.2, -0.15) is 0 Å². The van der Waals surface area contributed by atoms with Crippen molar-refractivity contribution in [3.05, 3.63) is 29.8 Å². The predicted octanol–water partition coefficient (Wildman–Crippen LogP) is 2.11. The number of carbonyl (C=O) groups is 1. The number of rotatable bonds is 4. The summed E-state index contributed by atoms with van der Waals surface area (Å²) in [7, 11) is 0. The molecule has 0 unspecified atom stereocenters. The predicted molar refractivity (Wildman–Crippen MR) is 71.0 cm³/mol. The molecule has 0 spiro atoms. The molecule has 0 bridgehead atoms. The quantitative estimate of drug-likeness (QED) is 0.798. The first-order chi connectivity index (χ1) is 8.72. The van der Waals surface area contributed by atoms with Crippen molar-refractivity contribution in [3.8, 4) is 0 Å². The van der Waals surface area contributed by atoms with Gasteiger partial charge in [-0.1, -0.05) is 12.1 Å². The molecule has 1 aromatic rings. The van der Waals surface area contributed by atoms with Crippen LogP contribution in [0, 0.1) is 0 Å². The molecule has 4 heteroatoms. The molecule has 0 radical (unpaired) electrons. The van der Waals surface area contributed by atoms with Crippen molar-refractivity contribution >= 4 is 11.7 Å². The first-order valence-electron chi connectivity index (χ1n) is 6.64. The van der Waals surface area contributed by atoms with Crippen LogP contribution >= 0.6 is 0 Å². The normalized spacial score (nSPS) is 18.4. The van der Waals surface area contributed by atoms with Crippen LogP contribution < -0.4 is 11.1 Å². The van der Waals surface area contributed by atoms with Crippen LogP contribution in [0.3, 0.4) is 0 Å². The lowest BCUT2D eigenvalue weighted by Crippen LogP contribution is -2.41. The standard InChI is InChI=1S/C14H19N3O/c15-11-3-1-10(2-4-11)9-17(13-7-8-13)14(18)16-12-5-6-12/h1-4,12-13H,5-9,15H2,(H,16,18). The highest BCUT2D eigenvalue weighted by atomic mass is 16.2. The number of nitrogens with one attached hydrogen (secondary N) is 1. The van der Waals surface area contributed by atoms with Crippen molar-refractivity contribution in [3.63, 3.8) is 0 Å². The van der Waals surface area contributed by atoms with Gasteiger partial charge in [0.15, 0.2) is 0 Å². The van der Waals surface area contributed by atoms with Crippen LogP contribution in [-0.4, -0.2) is 23.0 Å². The molecule has 18 heavy (non-hydrogen) atoms. The van der Waals surface area contributed by atoms with Crippen molar-refractivity contribution in [1.29, 1.82) is 0 Å². The van der Waals surface area contributed by atoms with Crippen LogP contribution in [0.4, 0.5) is 10.5 Å². The van der Waals surface area contributed by atoms with Gasteiger partial charge in [-0.05, 0) is 43.4 Å². The second-order valence-corrected chi connectivity index (χ2v) is 5.32. The molecule has 0 saturated heterocycles.